The molecule has 1 saturated carbocycles. The van der Waals surface area contributed by atoms with Crippen LogP contribution >= 0.6 is 0 Å². The van der Waals surface area contributed by atoms with Crippen molar-refractivity contribution in [1.82, 2.24) is 14.9 Å². The monoisotopic (exact) mass is 426 g/mol. The number of hydrogen-bond acceptors (Lipinski definition) is 5. The average Bonchev–Trinajstić information content (AvgIpc) is 3.53. The van der Waals surface area contributed by atoms with Crippen LogP contribution in [0.1, 0.15) is 25.3 Å². The van der Waals surface area contributed by atoms with Gasteiger partial charge < -0.3 is 19.7 Å². The summed E-state index contributed by atoms with van der Waals surface area (Å²) < 4.78 is 37.9. The van der Waals surface area contributed by atoms with Crippen LogP contribution in [0.2, 0.25) is 0 Å². The number of guanidine groups is 1. The predicted molar refractivity (Wildman–Crippen MR) is 114 cm³/mol. The number of ether oxygens (including phenoxy) is 2. The highest BCUT2D eigenvalue weighted by molar-refractivity contribution is 7.89. The molecule has 0 aliphatic heterocycles. The van der Waals surface area contributed by atoms with Crippen molar-refractivity contribution >= 4 is 16.0 Å². The first-order valence-corrected chi connectivity index (χ1v) is 11.6. The van der Waals surface area contributed by atoms with Gasteiger partial charge in [-0.2, -0.15) is 0 Å². The predicted octanol–water partition coefficient (Wildman–Crippen LogP) is 1.44. The van der Waals surface area contributed by atoms with Gasteiger partial charge in [-0.05, 0) is 43.4 Å². The Morgan fingerprint density at radius 2 is 2.10 bits per heavy atom. The van der Waals surface area contributed by atoms with E-state index in [1.807, 2.05) is 24.9 Å². The second-order valence-electron chi connectivity index (χ2n) is 7.15. The van der Waals surface area contributed by atoms with Crippen LogP contribution in [0.15, 0.2) is 34.2 Å². The van der Waals surface area contributed by atoms with E-state index in [-0.39, 0.29) is 11.4 Å². The molecular formula is C20H34N4O4S. The number of nitrogens with zero attached hydrogens (tertiary/aromatic N) is 2. The maximum Gasteiger partial charge on any atom is 0.240 e. The molecular weight excluding hydrogens is 392 g/mol. The van der Waals surface area contributed by atoms with Crippen LogP contribution in [0, 0.1) is 5.92 Å². The van der Waals surface area contributed by atoms with Crippen LogP contribution in [0.4, 0.5) is 0 Å². The molecule has 0 bridgehead atoms. The molecule has 0 heterocycles. The number of nitrogens with one attached hydrogen (secondary N) is 2. The van der Waals surface area contributed by atoms with Gasteiger partial charge in [0.25, 0.3) is 0 Å². The maximum absolute atomic E-state index is 12.4. The Bertz CT molecular complexity index is 751. The molecule has 1 aliphatic carbocycles. The Kier molecular flexibility index (Phi) is 9.86. The molecule has 1 fully saturated rings. The highest BCUT2D eigenvalue weighted by Crippen LogP contribution is 2.28. The second-order valence-corrected chi connectivity index (χ2v) is 8.91. The lowest BCUT2D eigenvalue weighted by molar-refractivity contribution is 0.115. The van der Waals surface area contributed by atoms with Gasteiger partial charge in [0.1, 0.15) is 0 Å². The minimum absolute atomic E-state index is 0.230. The summed E-state index contributed by atoms with van der Waals surface area (Å²) in [6.45, 7) is 5.98. The molecule has 2 N–H and O–H groups in total. The van der Waals surface area contributed by atoms with Gasteiger partial charge in [0.15, 0.2) is 5.96 Å². The van der Waals surface area contributed by atoms with E-state index in [0.717, 1.165) is 37.1 Å². The van der Waals surface area contributed by atoms with E-state index in [1.165, 1.54) is 20.0 Å². The standard InChI is InChI=1S/C20H34N4O4S/c1-4-21-20(24(2)11-13-28-16-17-8-9-17)22-15-18-6-5-7-19(14-18)29(25,26)23-10-12-27-3/h5-7,14,17,23H,4,8-13,15-16H2,1-3H3,(H,21,22). The summed E-state index contributed by atoms with van der Waals surface area (Å²) in [5, 5.41) is 3.27. The smallest absolute Gasteiger partial charge is 0.240 e. The van der Waals surface area contributed by atoms with E-state index < -0.39 is 10.0 Å². The molecule has 0 atom stereocenters. The van der Waals surface area contributed by atoms with Crippen LogP contribution in [-0.2, 0) is 26.0 Å². The van der Waals surface area contributed by atoms with E-state index in [4.69, 9.17) is 9.47 Å². The zero-order valence-electron chi connectivity index (χ0n) is 17.7. The summed E-state index contributed by atoms with van der Waals surface area (Å²) in [5.41, 5.74) is 0.827. The zero-order chi connectivity index (χ0) is 21.1. The van der Waals surface area contributed by atoms with E-state index in [1.54, 1.807) is 18.2 Å². The number of likely N-dealkylation sites (N-methyl/N-ethyl adjacent to an activating group) is 1. The number of benzene rings is 1. The molecule has 0 unspecified atom stereocenters. The fourth-order valence-corrected chi connectivity index (χ4v) is 3.73. The molecule has 0 spiro atoms. The van der Waals surface area contributed by atoms with Crippen LogP contribution in [-0.4, -0.2) is 72.9 Å². The van der Waals surface area contributed by atoms with E-state index in [0.29, 0.717) is 19.8 Å². The number of rotatable bonds is 13. The van der Waals surface area contributed by atoms with Crippen molar-refractivity contribution in [3.63, 3.8) is 0 Å². The van der Waals surface area contributed by atoms with Crippen LogP contribution in [0.3, 0.4) is 0 Å². The van der Waals surface area contributed by atoms with Crippen molar-refractivity contribution in [2.45, 2.75) is 31.2 Å². The van der Waals surface area contributed by atoms with Gasteiger partial charge in [-0.3, -0.25) is 0 Å². The Morgan fingerprint density at radius 1 is 1.31 bits per heavy atom. The Labute approximate surface area is 174 Å². The fraction of sp³-hybridized carbons (Fsp3) is 0.650. The fourth-order valence-electron chi connectivity index (χ4n) is 2.65. The molecule has 1 aliphatic rings. The molecule has 9 heteroatoms. The summed E-state index contributed by atoms with van der Waals surface area (Å²) in [4.78, 5) is 6.91. The summed E-state index contributed by atoms with van der Waals surface area (Å²) in [5.74, 6) is 1.53. The lowest BCUT2D eigenvalue weighted by atomic mass is 10.2. The quantitative estimate of drug-likeness (QED) is 0.282. The second kappa shape index (κ2) is 12.1. The molecule has 1 aromatic rings. The molecule has 0 aromatic heterocycles. The van der Waals surface area contributed by atoms with Crippen molar-refractivity contribution in [2.75, 3.05) is 53.6 Å². The first-order valence-electron chi connectivity index (χ1n) is 10.1. The van der Waals surface area contributed by atoms with E-state index >= 15 is 0 Å². The topological polar surface area (TPSA) is 92.3 Å². The molecule has 164 valence electrons. The van der Waals surface area contributed by atoms with Gasteiger partial charge in [-0.1, -0.05) is 12.1 Å². The third-order valence-corrected chi connectivity index (χ3v) is 6.00. The lowest BCUT2D eigenvalue weighted by Crippen LogP contribution is -2.40. The molecule has 0 amide bonds. The average molecular weight is 427 g/mol. The minimum atomic E-state index is -3.56. The van der Waals surface area contributed by atoms with Gasteiger partial charge in [0, 0.05) is 40.4 Å². The Balaban J connectivity index is 1.94. The normalized spacial score (nSPS) is 14.8. The van der Waals surface area contributed by atoms with Gasteiger partial charge in [-0.25, -0.2) is 18.1 Å². The molecule has 29 heavy (non-hydrogen) atoms. The molecule has 1 aromatic carbocycles. The van der Waals surface area contributed by atoms with Gasteiger partial charge in [-0.15, -0.1) is 0 Å². The summed E-state index contributed by atoms with van der Waals surface area (Å²) in [6.07, 6.45) is 2.58. The molecule has 0 saturated heterocycles. The third-order valence-electron chi connectivity index (χ3n) is 4.54. The third kappa shape index (κ3) is 8.69. The first kappa shape index (κ1) is 23.6. The number of sulfonamides is 1. The van der Waals surface area contributed by atoms with Crippen LogP contribution in [0.5, 0.6) is 0 Å². The molecule has 2 rings (SSSR count). The minimum Gasteiger partial charge on any atom is -0.383 e. The Hall–Kier alpha value is -1.68. The highest BCUT2D eigenvalue weighted by Gasteiger charge is 2.21. The van der Waals surface area contributed by atoms with Crippen LogP contribution in [0.25, 0.3) is 0 Å². The number of hydrogen-bond donors (Lipinski definition) is 2. The zero-order valence-corrected chi connectivity index (χ0v) is 18.5. The van der Waals surface area contributed by atoms with E-state index in [2.05, 4.69) is 15.0 Å². The van der Waals surface area contributed by atoms with Crippen molar-refractivity contribution < 1.29 is 17.9 Å². The first-order chi connectivity index (χ1) is 14.0. The molecule has 0 radical (unpaired) electrons. The summed E-state index contributed by atoms with van der Waals surface area (Å²) in [7, 11) is -0.0505. The van der Waals surface area contributed by atoms with Crippen molar-refractivity contribution in [3.8, 4) is 0 Å². The summed E-state index contributed by atoms with van der Waals surface area (Å²) >= 11 is 0. The Morgan fingerprint density at radius 3 is 2.79 bits per heavy atom. The van der Waals surface area contributed by atoms with E-state index in [9.17, 15) is 8.42 Å². The van der Waals surface area contributed by atoms with Gasteiger partial charge >= 0.3 is 0 Å². The van der Waals surface area contributed by atoms with Crippen molar-refractivity contribution in [3.05, 3.63) is 29.8 Å². The van der Waals surface area contributed by atoms with Gasteiger partial charge in [0.05, 0.1) is 24.7 Å². The van der Waals surface area contributed by atoms with Crippen molar-refractivity contribution in [2.24, 2.45) is 10.9 Å². The lowest BCUT2D eigenvalue weighted by Gasteiger charge is -2.22. The number of aliphatic imine (C=N–C) groups is 1. The number of methoxy groups -OCH3 is 1. The summed E-state index contributed by atoms with van der Waals surface area (Å²) in [6, 6.07) is 6.84. The van der Waals surface area contributed by atoms with Crippen molar-refractivity contribution in [1.29, 1.82) is 0 Å². The van der Waals surface area contributed by atoms with Crippen LogP contribution < -0.4 is 10.0 Å². The largest absolute Gasteiger partial charge is 0.383 e. The highest BCUT2D eigenvalue weighted by atomic mass is 32.2. The molecule has 8 nitrogen and oxygen atoms in total. The van der Waals surface area contributed by atoms with Gasteiger partial charge in [0.2, 0.25) is 10.0 Å². The maximum atomic E-state index is 12.4. The SMILES string of the molecule is CCNC(=NCc1cccc(S(=O)(=O)NCCOC)c1)N(C)CCOCC1CC1.